The fourth-order valence-corrected chi connectivity index (χ4v) is 2.07. The van der Waals surface area contributed by atoms with Crippen LogP contribution in [0, 0.1) is 0 Å². The van der Waals surface area contributed by atoms with E-state index in [2.05, 4.69) is 21.2 Å². The van der Waals surface area contributed by atoms with Crippen LogP contribution in [0.4, 0.5) is 4.79 Å². The van der Waals surface area contributed by atoms with Crippen LogP contribution in [0.3, 0.4) is 0 Å². The summed E-state index contributed by atoms with van der Waals surface area (Å²) >= 11 is 3.39. The van der Waals surface area contributed by atoms with E-state index >= 15 is 0 Å². The summed E-state index contributed by atoms with van der Waals surface area (Å²) in [4.78, 5) is 11.4. The van der Waals surface area contributed by atoms with Crippen molar-refractivity contribution in [3.8, 4) is 5.75 Å². The van der Waals surface area contributed by atoms with Gasteiger partial charge in [-0.1, -0.05) is 28.8 Å². The summed E-state index contributed by atoms with van der Waals surface area (Å²) < 4.78 is 11.9. The van der Waals surface area contributed by atoms with E-state index < -0.39 is 5.60 Å². The molecule has 4 nitrogen and oxygen atoms in total. The molecule has 0 atom stereocenters. The molecule has 1 amide bonds. The third-order valence-corrected chi connectivity index (χ3v) is 3.35. The molecular weight excluding hydrogens is 346 g/mol. The van der Waals surface area contributed by atoms with E-state index in [0.717, 1.165) is 42.5 Å². The van der Waals surface area contributed by atoms with E-state index in [1.165, 1.54) is 0 Å². The number of carbonyl (C=O) groups is 1. The van der Waals surface area contributed by atoms with Gasteiger partial charge in [0.1, 0.15) is 11.4 Å². The Morgan fingerprint density at radius 2 is 1.73 bits per heavy atom. The summed E-state index contributed by atoms with van der Waals surface area (Å²) in [5.41, 5.74) is -0.436. The van der Waals surface area contributed by atoms with Gasteiger partial charge in [-0.15, -0.1) is 0 Å². The number of amides is 1. The maximum absolute atomic E-state index is 11.4. The second kappa shape index (κ2) is 9.72. The Morgan fingerprint density at radius 1 is 1.09 bits per heavy atom. The van der Waals surface area contributed by atoms with E-state index in [4.69, 9.17) is 9.47 Å². The lowest BCUT2D eigenvalue weighted by Crippen LogP contribution is -2.32. The van der Waals surface area contributed by atoms with Crippen molar-refractivity contribution in [3.05, 3.63) is 28.7 Å². The molecule has 0 radical (unpaired) electrons. The minimum atomic E-state index is -0.436. The van der Waals surface area contributed by atoms with Crippen molar-refractivity contribution in [2.45, 2.75) is 52.1 Å². The van der Waals surface area contributed by atoms with Crippen LogP contribution >= 0.6 is 15.9 Å². The van der Waals surface area contributed by atoms with Crippen LogP contribution < -0.4 is 10.1 Å². The zero-order chi connectivity index (χ0) is 16.4. The fraction of sp³-hybridized carbons (Fsp3) is 0.588. The third-order valence-electron chi connectivity index (χ3n) is 2.82. The van der Waals surface area contributed by atoms with Crippen LogP contribution in [0.2, 0.25) is 0 Å². The van der Waals surface area contributed by atoms with Gasteiger partial charge in [-0.25, -0.2) is 4.79 Å². The second-order valence-corrected chi connectivity index (χ2v) is 7.06. The highest BCUT2D eigenvalue weighted by Crippen LogP contribution is 2.16. The Morgan fingerprint density at radius 3 is 2.36 bits per heavy atom. The summed E-state index contributed by atoms with van der Waals surface area (Å²) in [7, 11) is 0. The standard InChI is InChI=1S/C17H26BrNO3/c1-17(2,3)22-16(20)19-12-6-4-5-7-13-21-15-10-8-14(18)9-11-15/h8-11H,4-7,12-13H2,1-3H3,(H,19,20). The quantitative estimate of drug-likeness (QED) is 0.660. The molecule has 0 aliphatic rings. The van der Waals surface area contributed by atoms with Crippen LogP contribution in [-0.2, 0) is 4.74 Å². The molecule has 0 aliphatic heterocycles. The van der Waals surface area contributed by atoms with Crippen molar-refractivity contribution in [3.63, 3.8) is 0 Å². The maximum atomic E-state index is 11.4. The van der Waals surface area contributed by atoms with Gasteiger partial charge < -0.3 is 14.8 Å². The molecule has 0 fully saturated rings. The number of alkyl carbamates (subject to hydrolysis) is 1. The van der Waals surface area contributed by atoms with Crippen LogP contribution in [-0.4, -0.2) is 24.8 Å². The average Bonchev–Trinajstić information content (AvgIpc) is 2.42. The summed E-state index contributed by atoms with van der Waals surface area (Å²) in [5.74, 6) is 0.898. The van der Waals surface area contributed by atoms with Crippen LogP contribution in [0.15, 0.2) is 28.7 Å². The minimum Gasteiger partial charge on any atom is -0.494 e. The van der Waals surface area contributed by atoms with Crippen molar-refractivity contribution in [2.75, 3.05) is 13.2 Å². The van der Waals surface area contributed by atoms with Crippen molar-refractivity contribution in [1.82, 2.24) is 5.32 Å². The maximum Gasteiger partial charge on any atom is 0.407 e. The molecule has 0 unspecified atom stereocenters. The molecule has 0 saturated carbocycles. The highest BCUT2D eigenvalue weighted by atomic mass is 79.9. The van der Waals surface area contributed by atoms with Gasteiger partial charge in [0.15, 0.2) is 0 Å². The smallest absolute Gasteiger partial charge is 0.407 e. The zero-order valence-electron chi connectivity index (χ0n) is 13.7. The number of nitrogens with one attached hydrogen (secondary N) is 1. The summed E-state index contributed by atoms with van der Waals surface area (Å²) in [6.07, 6.45) is 3.79. The molecular formula is C17H26BrNO3. The molecule has 0 heterocycles. The van der Waals surface area contributed by atoms with Crippen molar-refractivity contribution in [1.29, 1.82) is 0 Å². The number of halogens is 1. The topological polar surface area (TPSA) is 47.6 Å². The van der Waals surface area contributed by atoms with E-state index in [-0.39, 0.29) is 6.09 Å². The number of carbonyl (C=O) groups excluding carboxylic acids is 1. The SMILES string of the molecule is CC(C)(C)OC(=O)NCCCCCCOc1ccc(Br)cc1. The van der Waals surface area contributed by atoms with Gasteiger partial charge in [0.25, 0.3) is 0 Å². The van der Waals surface area contributed by atoms with Crippen LogP contribution in [0.25, 0.3) is 0 Å². The van der Waals surface area contributed by atoms with E-state index in [0.29, 0.717) is 6.54 Å². The van der Waals surface area contributed by atoms with Crippen LogP contribution in [0.5, 0.6) is 5.75 Å². The zero-order valence-corrected chi connectivity index (χ0v) is 15.2. The molecule has 1 rings (SSSR count). The predicted octanol–water partition coefficient (Wildman–Crippen LogP) is 4.91. The molecule has 0 aromatic heterocycles. The Hall–Kier alpha value is -1.23. The lowest BCUT2D eigenvalue weighted by molar-refractivity contribution is 0.0527. The van der Waals surface area contributed by atoms with Gasteiger partial charge in [-0.2, -0.15) is 0 Å². The molecule has 1 aromatic carbocycles. The van der Waals surface area contributed by atoms with Gasteiger partial charge in [-0.05, 0) is 57.9 Å². The molecule has 0 bridgehead atoms. The Balaban J connectivity index is 1.95. The first-order chi connectivity index (χ1) is 10.4. The molecule has 0 aliphatic carbocycles. The Labute approximate surface area is 141 Å². The number of rotatable bonds is 8. The van der Waals surface area contributed by atoms with Gasteiger partial charge in [0.2, 0.25) is 0 Å². The van der Waals surface area contributed by atoms with Gasteiger partial charge in [-0.3, -0.25) is 0 Å². The van der Waals surface area contributed by atoms with Crippen molar-refractivity contribution < 1.29 is 14.3 Å². The van der Waals surface area contributed by atoms with Crippen molar-refractivity contribution >= 4 is 22.0 Å². The summed E-state index contributed by atoms with van der Waals surface area (Å²) in [6, 6.07) is 7.85. The third kappa shape index (κ3) is 9.66. The van der Waals surface area contributed by atoms with E-state index in [1.54, 1.807) is 0 Å². The Kier molecular flexibility index (Phi) is 8.31. The highest BCUT2D eigenvalue weighted by molar-refractivity contribution is 9.10. The number of ether oxygens (including phenoxy) is 2. The molecule has 0 spiro atoms. The number of unbranched alkanes of at least 4 members (excludes halogenated alkanes) is 3. The van der Waals surface area contributed by atoms with Gasteiger partial charge in [0.05, 0.1) is 6.61 Å². The molecule has 0 saturated heterocycles. The first kappa shape index (κ1) is 18.8. The van der Waals surface area contributed by atoms with E-state index in [9.17, 15) is 4.79 Å². The molecule has 1 N–H and O–H groups in total. The normalized spacial score (nSPS) is 11.1. The number of hydrogen-bond acceptors (Lipinski definition) is 3. The fourth-order valence-electron chi connectivity index (χ4n) is 1.81. The minimum absolute atomic E-state index is 0.342. The van der Waals surface area contributed by atoms with Gasteiger partial charge >= 0.3 is 6.09 Å². The number of hydrogen-bond donors (Lipinski definition) is 1. The molecule has 1 aromatic rings. The van der Waals surface area contributed by atoms with Gasteiger partial charge in [0, 0.05) is 11.0 Å². The van der Waals surface area contributed by atoms with E-state index in [1.807, 2.05) is 45.0 Å². The lowest BCUT2D eigenvalue weighted by atomic mass is 10.2. The largest absolute Gasteiger partial charge is 0.494 e. The van der Waals surface area contributed by atoms with Crippen LogP contribution in [0.1, 0.15) is 46.5 Å². The Bertz CT molecular complexity index is 440. The molecule has 5 heteroatoms. The lowest BCUT2D eigenvalue weighted by Gasteiger charge is -2.19. The predicted molar refractivity (Wildman–Crippen MR) is 92.3 cm³/mol. The van der Waals surface area contributed by atoms with Crippen molar-refractivity contribution in [2.24, 2.45) is 0 Å². The monoisotopic (exact) mass is 371 g/mol. The summed E-state index contributed by atoms with van der Waals surface area (Å²) in [6.45, 7) is 6.96. The molecule has 124 valence electrons. The first-order valence-electron chi connectivity index (χ1n) is 7.72. The highest BCUT2D eigenvalue weighted by Gasteiger charge is 2.15. The molecule has 22 heavy (non-hydrogen) atoms. The number of benzene rings is 1. The first-order valence-corrected chi connectivity index (χ1v) is 8.51. The second-order valence-electron chi connectivity index (χ2n) is 6.15. The summed E-state index contributed by atoms with van der Waals surface area (Å²) in [5, 5.41) is 2.76. The average molecular weight is 372 g/mol.